The smallest absolute Gasteiger partial charge is 0.411 e. The topological polar surface area (TPSA) is 30.0 Å². The summed E-state index contributed by atoms with van der Waals surface area (Å²) in [7, 11) is 0. The van der Waals surface area contributed by atoms with Crippen molar-refractivity contribution in [1.29, 1.82) is 0 Å². The Hall–Kier alpha value is 1.15. The van der Waals surface area contributed by atoms with E-state index in [0.717, 1.165) is 52.4 Å². The predicted octanol–water partition coefficient (Wildman–Crippen LogP) is 48.0. The van der Waals surface area contributed by atoms with E-state index < -0.39 is 0 Å². The number of hydrogen-bond acceptors (Lipinski definition) is 10. The van der Waals surface area contributed by atoms with Gasteiger partial charge in [-0.1, -0.05) is 740 Å². The zero-order chi connectivity index (χ0) is 107. The van der Waals surface area contributed by atoms with Gasteiger partial charge in [0.2, 0.25) is 0 Å². The summed E-state index contributed by atoms with van der Waals surface area (Å²) >= 11 is 45.7. The quantitative estimate of drug-likeness (QED) is 0.0251. The van der Waals surface area contributed by atoms with Crippen LogP contribution in [0.3, 0.4) is 0 Å². The van der Waals surface area contributed by atoms with E-state index in [0.29, 0.717) is 17.3 Å². The molecule has 15 heteroatoms. The summed E-state index contributed by atoms with van der Waals surface area (Å²) in [6.45, 7) is 27.0. The Balaban J connectivity index is -0.000000447. The van der Waals surface area contributed by atoms with Crippen LogP contribution in [0, 0.1) is 0 Å². The first-order valence-corrected chi connectivity index (χ1v) is 70.5. The van der Waals surface area contributed by atoms with E-state index >= 15 is 0 Å². The van der Waals surface area contributed by atoms with Crippen LogP contribution >= 0.6 is 48.9 Å². The molecule has 0 N–H and O–H groups in total. The molecule has 0 aliphatic heterocycles. The second-order valence-electron chi connectivity index (χ2n) is 45.8. The molecule has 0 radical (unpaired) electrons. The first-order valence-electron chi connectivity index (χ1n) is 66.9. The first kappa shape index (κ1) is 159. The first-order chi connectivity index (χ1) is 71.9. The van der Waals surface area contributed by atoms with E-state index in [-0.39, 0.29) is 21.1 Å². The average molecular weight is 2310 g/mol. The minimum absolute atomic E-state index is 0. The van der Waals surface area contributed by atoms with Crippen molar-refractivity contribution in [1.82, 2.24) is 19.6 Å². The Morgan fingerprint density at radius 3 is 0.211 bits per heavy atom. The van der Waals surface area contributed by atoms with Gasteiger partial charge >= 0.3 is 21.1 Å². The molecule has 0 aromatic carbocycles. The number of nitrogens with zero attached hydrogens (tertiary/aromatic N) is 4. The van der Waals surface area contributed by atoms with Crippen molar-refractivity contribution >= 4 is 129 Å². The Bertz CT molecular complexity index is 1930. The molecule has 0 saturated heterocycles. The monoisotopic (exact) mass is 2310 g/mol. The summed E-state index contributed by atoms with van der Waals surface area (Å²) in [5.41, 5.74) is 0. The van der Waals surface area contributed by atoms with Crippen LogP contribution in [-0.4, -0.2) is 93.4 Å². The molecule has 0 aliphatic rings. The molecule has 0 unspecified atom stereocenters. The van der Waals surface area contributed by atoms with Gasteiger partial charge in [-0.15, -0.1) is 0 Å². The van der Waals surface area contributed by atoms with Crippen LogP contribution in [0.2, 0.25) is 0 Å². The maximum Gasteiger partial charge on any atom is 4.00 e. The molecule has 0 amide bonds. The van der Waals surface area contributed by atoms with Gasteiger partial charge in [-0.3, -0.25) is 0 Å². The summed E-state index contributed by atoms with van der Waals surface area (Å²) < 4.78 is 10.6. The average Bonchev–Trinajstić information content (AvgIpc) is 0.978. The van der Waals surface area contributed by atoms with Crippen LogP contribution in [0.4, 0.5) is 0 Å². The molecule has 878 valence electrons. The number of thiocarbonyl (C=S) groups is 4. The molecule has 0 aromatic heterocycles. The van der Waals surface area contributed by atoms with Gasteiger partial charge in [-0.05, 0) is 51.4 Å². The molecule has 0 spiro atoms. The molecule has 0 bridgehead atoms. The molecule has 0 rings (SSSR count). The molecule has 0 heterocycles. The van der Waals surface area contributed by atoms with Gasteiger partial charge < -0.3 is 119 Å². The minimum atomic E-state index is 0. The van der Waals surface area contributed by atoms with Crippen LogP contribution in [-0.2, 0) is 84.1 Å². The van der Waals surface area contributed by atoms with Crippen LogP contribution < -0.4 is 0 Å². The van der Waals surface area contributed by atoms with Crippen LogP contribution in [0.1, 0.15) is 775 Å². The maximum absolute atomic E-state index is 7.83. The summed E-state index contributed by atoms with van der Waals surface area (Å²) in [5.74, 6) is 0. The molecule has 0 aromatic rings. The van der Waals surface area contributed by atoms with Crippen LogP contribution in [0.15, 0.2) is 0 Å². The van der Waals surface area contributed by atoms with E-state index in [2.05, 4.69) is 87.5 Å². The van der Waals surface area contributed by atoms with E-state index in [9.17, 15) is 0 Å². The fourth-order valence-electron chi connectivity index (χ4n) is 21.2. The number of rotatable bonds is 120. The zero-order valence-electron chi connectivity index (χ0n) is 101. The van der Waals surface area contributed by atoms with Gasteiger partial charge in [0, 0.05) is 52.4 Å². The number of hydrogen-bond donors (Lipinski definition) is 0. The van der Waals surface area contributed by atoms with Crippen molar-refractivity contribution < 1.29 is 25.3 Å². The molecule has 5 nitrogen and oxygen atoms in total. The summed E-state index contributed by atoms with van der Waals surface area (Å²) in [6, 6.07) is 0. The van der Waals surface area contributed by atoms with Gasteiger partial charge in [-0.2, -0.15) is 4.21 Å². The van der Waals surface area contributed by atoms with Gasteiger partial charge in [0.15, 0.2) is 12.5 Å². The molecule has 0 atom stereocenters. The summed E-state index contributed by atoms with van der Waals surface area (Å²) in [4.78, 5) is 9.19. The van der Waals surface area contributed by atoms with Gasteiger partial charge in [0.1, 0.15) is 0 Å². The second kappa shape index (κ2) is 149. The van der Waals surface area contributed by atoms with Crippen molar-refractivity contribution in [3.05, 3.63) is 0 Å². The Morgan fingerprint density at radius 1 is 0.116 bits per heavy atom. The Morgan fingerprint density at radius 2 is 0.163 bits per heavy atom. The Labute approximate surface area is 991 Å². The van der Waals surface area contributed by atoms with Gasteiger partial charge in [0.05, 0.1) is 0 Å². The second-order valence-corrected chi connectivity index (χ2v) is 49.9. The Kier molecular flexibility index (Phi) is 161. The SMILES string of the molecule is CCCCCCCCCCCCCCCCN(CCCCCCCCCCCCCCCC)C(=S)[S-].CCCCCCCCCCCCCCCCN(CCCCCCCCCCCCCCCC)C(=S)[S-].CCCCCCCCCCCCCCCCN(CCCCCCCCCCCCCCCC)C(=S)[S-].CCCCCCCCCCCCCCCCN(CCCCCCCCCCCCCCCC)C(=S)[S-].O=S.[Mo+4]. The third kappa shape index (κ3) is 147. The molecular formula is C132H264MoN4OS9. The van der Waals surface area contributed by atoms with Crippen LogP contribution in [0.5, 0.6) is 0 Å². The summed E-state index contributed by atoms with van der Waals surface area (Å²) in [5, 5.41) is 0. The van der Waals surface area contributed by atoms with Crippen molar-refractivity contribution in [2.75, 3.05) is 52.4 Å². The predicted molar refractivity (Wildman–Crippen MR) is 697 cm³/mol. The standard InChI is InChI=1S/4C33H67NS2.Mo.OS/c4*1-3-5-7-9-11-13-15-17-19-21-23-25-27-29-31-34(33(35)36)32-30-28-26-24-22-20-18-16-14-12-10-8-6-4-2;;1-2/h4*3-32H2,1-2H3,(H,35,36);;/q;;;;+4;/p-4. The van der Waals surface area contributed by atoms with Gasteiger partial charge in [-0.25, -0.2) is 0 Å². The molecule has 0 aliphatic carbocycles. The van der Waals surface area contributed by atoms with E-state index in [4.69, 9.17) is 104 Å². The van der Waals surface area contributed by atoms with Crippen molar-refractivity contribution in [2.45, 2.75) is 775 Å². The third-order valence-corrected chi connectivity index (χ3v) is 33.4. The maximum atomic E-state index is 7.83. The van der Waals surface area contributed by atoms with Crippen molar-refractivity contribution in [3.8, 4) is 0 Å². The fourth-order valence-corrected chi connectivity index (χ4v) is 22.6. The van der Waals surface area contributed by atoms with Gasteiger partial charge in [0.25, 0.3) is 0 Å². The molecular weight excluding hydrogens is 2040 g/mol. The molecule has 0 fully saturated rings. The minimum Gasteiger partial charge on any atom is -0.411 e. The molecule has 147 heavy (non-hydrogen) atoms. The zero-order valence-corrected chi connectivity index (χ0v) is 110. The fraction of sp³-hybridized carbons (Fsp3) is 0.970. The number of unbranched alkanes of at least 4 members (excludes halogenated alkanes) is 104. The van der Waals surface area contributed by atoms with Crippen molar-refractivity contribution in [2.24, 2.45) is 0 Å². The van der Waals surface area contributed by atoms with Crippen LogP contribution in [0.25, 0.3) is 0 Å². The third-order valence-electron chi connectivity index (χ3n) is 31.3. The summed E-state index contributed by atoms with van der Waals surface area (Å²) in [6.07, 6.45) is 158. The molecule has 0 saturated carbocycles. The van der Waals surface area contributed by atoms with E-state index in [1.54, 1.807) is 0 Å². The van der Waals surface area contributed by atoms with E-state index in [1.807, 2.05) is 0 Å². The van der Waals surface area contributed by atoms with E-state index in [1.165, 1.54) is 719 Å². The normalized spacial score (nSPS) is 11.1. The largest absolute Gasteiger partial charge is 4.00 e. The van der Waals surface area contributed by atoms with Crippen molar-refractivity contribution in [3.63, 3.8) is 0 Å².